The molecule has 0 saturated carbocycles. The number of hydrogen-bond donors (Lipinski definition) is 0. The minimum atomic E-state index is -4.12. The van der Waals surface area contributed by atoms with Crippen molar-refractivity contribution in [3.05, 3.63) is 0 Å². The second kappa shape index (κ2) is 5.36. The predicted molar refractivity (Wildman–Crippen MR) is 50.1 cm³/mol. The summed E-state index contributed by atoms with van der Waals surface area (Å²) in [6.45, 7) is 0.0729. The molecule has 1 aliphatic rings. The third kappa shape index (κ3) is 5.03. The van der Waals surface area contributed by atoms with Gasteiger partial charge in [0.05, 0.1) is 12.6 Å². The average molecular weight is 220 g/mol. The minimum Gasteiger partial charge on any atom is -0.295 e. The second-order valence-electron chi connectivity index (χ2n) is 4.07. The molecule has 1 heterocycles. The monoisotopic (exact) mass is 220 g/mol. The molecule has 2 nitrogen and oxygen atoms in total. The van der Waals surface area contributed by atoms with E-state index in [1.165, 1.54) is 4.90 Å². The lowest BCUT2D eigenvalue weighted by Crippen LogP contribution is -2.36. The van der Waals surface area contributed by atoms with Crippen LogP contribution in [-0.4, -0.2) is 30.7 Å². The lowest BCUT2D eigenvalue weighted by atomic mass is 10.0. The number of rotatable bonds is 2. The van der Waals surface area contributed by atoms with Crippen LogP contribution in [0.15, 0.2) is 0 Å². The van der Waals surface area contributed by atoms with Gasteiger partial charge in [-0.15, -0.1) is 0 Å². The van der Waals surface area contributed by atoms with Crippen molar-refractivity contribution in [2.45, 2.75) is 31.9 Å². The van der Waals surface area contributed by atoms with Gasteiger partial charge in [0.25, 0.3) is 0 Å². The van der Waals surface area contributed by atoms with Gasteiger partial charge in [0.1, 0.15) is 0 Å². The summed E-state index contributed by atoms with van der Waals surface area (Å²) in [5, 5.41) is 8.54. The van der Waals surface area contributed by atoms with Gasteiger partial charge >= 0.3 is 6.18 Å². The van der Waals surface area contributed by atoms with Crippen LogP contribution in [0, 0.1) is 17.2 Å². The third-order valence-corrected chi connectivity index (χ3v) is 2.64. The zero-order valence-electron chi connectivity index (χ0n) is 8.56. The van der Waals surface area contributed by atoms with E-state index in [0.717, 1.165) is 19.3 Å². The molecule has 0 aromatic rings. The van der Waals surface area contributed by atoms with Crippen LogP contribution in [0.25, 0.3) is 0 Å². The van der Waals surface area contributed by atoms with E-state index >= 15 is 0 Å². The number of hydrogen-bond acceptors (Lipinski definition) is 2. The highest BCUT2D eigenvalue weighted by Gasteiger charge is 2.32. The molecular formula is C10H15F3N2. The maximum atomic E-state index is 12.2. The Balaban J connectivity index is 2.46. The fraction of sp³-hybridized carbons (Fsp3) is 0.900. The van der Waals surface area contributed by atoms with Gasteiger partial charge in [0.2, 0.25) is 0 Å². The first kappa shape index (κ1) is 12.3. The third-order valence-electron chi connectivity index (χ3n) is 2.64. The highest BCUT2D eigenvalue weighted by Crippen LogP contribution is 2.23. The Labute approximate surface area is 87.7 Å². The molecule has 1 aliphatic heterocycles. The van der Waals surface area contributed by atoms with Crippen molar-refractivity contribution >= 4 is 0 Å². The molecule has 1 atom stereocenters. The summed E-state index contributed by atoms with van der Waals surface area (Å²) in [7, 11) is 0. The van der Waals surface area contributed by atoms with Crippen molar-refractivity contribution in [2.75, 3.05) is 19.6 Å². The topological polar surface area (TPSA) is 27.0 Å². The number of halogens is 3. The highest BCUT2D eigenvalue weighted by atomic mass is 19.4. The van der Waals surface area contributed by atoms with E-state index in [-0.39, 0.29) is 5.92 Å². The van der Waals surface area contributed by atoms with Gasteiger partial charge in [0, 0.05) is 13.0 Å². The van der Waals surface area contributed by atoms with Gasteiger partial charge < -0.3 is 0 Å². The van der Waals surface area contributed by atoms with Gasteiger partial charge in [-0.3, -0.25) is 4.90 Å². The van der Waals surface area contributed by atoms with Crippen molar-refractivity contribution in [3.63, 3.8) is 0 Å². The Hall–Kier alpha value is -0.760. The molecule has 0 spiro atoms. The van der Waals surface area contributed by atoms with Gasteiger partial charge in [0.15, 0.2) is 0 Å². The highest BCUT2D eigenvalue weighted by molar-refractivity contribution is 4.81. The summed E-state index contributed by atoms with van der Waals surface area (Å²) in [4.78, 5) is 1.43. The lowest BCUT2D eigenvalue weighted by molar-refractivity contribution is -0.146. The van der Waals surface area contributed by atoms with E-state index in [1.807, 2.05) is 6.07 Å². The molecule has 0 aromatic heterocycles. The Morgan fingerprint density at radius 1 is 1.33 bits per heavy atom. The summed E-state index contributed by atoms with van der Waals surface area (Å²) in [5.41, 5.74) is 0. The van der Waals surface area contributed by atoms with E-state index in [2.05, 4.69) is 0 Å². The molecular weight excluding hydrogens is 205 g/mol. The van der Waals surface area contributed by atoms with Crippen LogP contribution in [0.4, 0.5) is 13.2 Å². The summed E-state index contributed by atoms with van der Waals surface area (Å²) in [6.07, 6.45) is -1.14. The molecule has 5 heteroatoms. The molecule has 0 bridgehead atoms. The number of alkyl halides is 3. The minimum absolute atomic E-state index is 0.111. The molecule has 0 aliphatic carbocycles. The molecule has 15 heavy (non-hydrogen) atoms. The lowest BCUT2D eigenvalue weighted by Gasteiger charge is -2.24. The summed E-state index contributed by atoms with van der Waals surface area (Å²) in [6, 6.07) is 2.04. The van der Waals surface area contributed by atoms with Crippen molar-refractivity contribution in [1.29, 1.82) is 5.26 Å². The maximum absolute atomic E-state index is 12.2. The molecule has 1 unspecified atom stereocenters. The molecule has 0 amide bonds. The van der Waals surface area contributed by atoms with Crippen molar-refractivity contribution < 1.29 is 13.2 Å². The summed E-state index contributed by atoms with van der Waals surface area (Å²) >= 11 is 0. The first-order chi connectivity index (χ1) is 7.01. The van der Waals surface area contributed by atoms with Crippen LogP contribution in [0.3, 0.4) is 0 Å². The van der Waals surface area contributed by atoms with Crippen molar-refractivity contribution in [2.24, 2.45) is 5.92 Å². The first-order valence-electron chi connectivity index (χ1n) is 5.17. The van der Waals surface area contributed by atoms with E-state index in [9.17, 15) is 13.2 Å². The zero-order chi connectivity index (χ0) is 11.3. The summed E-state index contributed by atoms with van der Waals surface area (Å²) in [5.74, 6) is 0.111. The van der Waals surface area contributed by atoms with E-state index in [4.69, 9.17) is 5.26 Å². The van der Waals surface area contributed by atoms with E-state index < -0.39 is 12.7 Å². The van der Waals surface area contributed by atoms with Gasteiger partial charge in [-0.1, -0.05) is 6.42 Å². The number of nitriles is 1. The Bertz CT molecular complexity index is 232. The maximum Gasteiger partial charge on any atom is 0.401 e. The zero-order valence-corrected chi connectivity index (χ0v) is 8.56. The average Bonchev–Trinajstić information content (AvgIpc) is 2.28. The van der Waals surface area contributed by atoms with Gasteiger partial charge in [-0.25, -0.2) is 0 Å². The predicted octanol–water partition coefficient (Wildman–Crippen LogP) is 2.56. The smallest absolute Gasteiger partial charge is 0.295 e. The van der Waals surface area contributed by atoms with Gasteiger partial charge in [-0.2, -0.15) is 18.4 Å². The second-order valence-corrected chi connectivity index (χ2v) is 4.07. The Morgan fingerprint density at radius 3 is 2.67 bits per heavy atom. The molecule has 1 rings (SSSR count). The van der Waals surface area contributed by atoms with Crippen LogP contribution in [0.5, 0.6) is 0 Å². The standard InChI is InChI=1S/C10H15F3N2/c11-10(12,13)8-15-6-2-1-3-9(7-15)4-5-14/h9H,1-4,6-8H2. The quantitative estimate of drug-likeness (QED) is 0.715. The molecule has 1 saturated heterocycles. The fourth-order valence-corrected chi connectivity index (χ4v) is 2.01. The summed E-state index contributed by atoms with van der Waals surface area (Å²) < 4.78 is 36.5. The van der Waals surface area contributed by atoms with Crippen molar-refractivity contribution in [3.8, 4) is 6.07 Å². The normalized spacial score (nSPS) is 24.5. The van der Waals surface area contributed by atoms with Crippen LogP contribution < -0.4 is 0 Å². The van der Waals surface area contributed by atoms with E-state index in [0.29, 0.717) is 19.5 Å². The number of nitrogens with zero attached hydrogens (tertiary/aromatic N) is 2. The Kier molecular flexibility index (Phi) is 4.40. The fourth-order valence-electron chi connectivity index (χ4n) is 2.01. The van der Waals surface area contributed by atoms with Gasteiger partial charge in [-0.05, 0) is 25.3 Å². The number of likely N-dealkylation sites (tertiary alicyclic amines) is 1. The van der Waals surface area contributed by atoms with Crippen LogP contribution >= 0.6 is 0 Å². The molecule has 0 radical (unpaired) electrons. The largest absolute Gasteiger partial charge is 0.401 e. The molecule has 0 aromatic carbocycles. The van der Waals surface area contributed by atoms with Crippen LogP contribution in [0.1, 0.15) is 25.7 Å². The van der Waals surface area contributed by atoms with Crippen LogP contribution in [0.2, 0.25) is 0 Å². The van der Waals surface area contributed by atoms with E-state index in [1.54, 1.807) is 0 Å². The first-order valence-corrected chi connectivity index (χ1v) is 5.17. The Morgan fingerprint density at radius 2 is 2.07 bits per heavy atom. The van der Waals surface area contributed by atoms with Crippen molar-refractivity contribution in [1.82, 2.24) is 4.90 Å². The SMILES string of the molecule is N#CCC1CCCCN(CC(F)(F)F)C1. The molecule has 0 N–H and O–H groups in total. The molecule has 86 valence electrons. The molecule has 1 fully saturated rings. The van der Waals surface area contributed by atoms with Crippen LogP contribution in [-0.2, 0) is 0 Å².